The Balaban J connectivity index is 1.72. The summed E-state index contributed by atoms with van der Waals surface area (Å²) in [6, 6.07) is 15.7. The van der Waals surface area contributed by atoms with Crippen molar-refractivity contribution in [2.24, 2.45) is 0 Å². The molecule has 6 nitrogen and oxygen atoms in total. The van der Waals surface area contributed by atoms with E-state index in [0.717, 1.165) is 11.3 Å². The normalized spacial score (nSPS) is 12.0. The van der Waals surface area contributed by atoms with Crippen molar-refractivity contribution in [1.29, 1.82) is 0 Å². The molecular weight excluding hydrogens is 362 g/mol. The smallest absolute Gasteiger partial charge is 0.261 e. The Morgan fingerprint density at radius 2 is 1.52 bits per heavy atom. The van der Waals surface area contributed by atoms with Gasteiger partial charge in [0.15, 0.2) is 5.82 Å². The quantitative estimate of drug-likeness (QED) is 0.657. The first-order valence-corrected chi connectivity index (χ1v) is 10.1. The summed E-state index contributed by atoms with van der Waals surface area (Å²) in [5, 5.41) is 6.94. The van der Waals surface area contributed by atoms with Gasteiger partial charge < -0.3 is 9.84 Å². The van der Waals surface area contributed by atoms with Crippen LogP contribution in [0.1, 0.15) is 32.1 Å². The average Bonchev–Trinajstić information content (AvgIpc) is 3.01. The molecule has 1 heterocycles. The van der Waals surface area contributed by atoms with E-state index < -0.39 is 10.0 Å². The van der Waals surface area contributed by atoms with Gasteiger partial charge in [-0.3, -0.25) is 4.72 Å². The van der Waals surface area contributed by atoms with Crippen molar-refractivity contribution in [2.75, 3.05) is 10.0 Å². The van der Waals surface area contributed by atoms with Crippen molar-refractivity contribution in [3.05, 3.63) is 65.9 Å². The molecule has 0 spiro atoms. The first kappa shape index (κ1) is 19.0. The second kappa shape index (κ2) is 7.08. The predicted octanol–water partition coefficient (Wildman–Crippen LogP) is 4.82. The lowest BCUT2D eigenvalue weighted by Crippen LogP contribution is -2.14. The second-order valence-corrected chi connectivity index (χ2v) is 9.09. The lowest BCUT2D eigenvalue weighted by Gasteiger charge is -2.19. The molecule has 2 aromatic carbocycles. The summed E-state index contributed by atoms with van der Waals surface area (Å²) < 4.78 is 32.8. The van der Waals surface area contributed by atoms with Crippen molar-refractivity contribution in [3.63, 3.8) is 0 Å². The number of hydrogen-bond acceptors (Lipinski definition) is 5. The van der Waals surface area contributed by atoms with Gasteiger partial charge in [0.1, 0.15) is 5.76 Å². The molecule has 1 aromatic heterocycles. The molecule has 2 N–H and O–H groups in total. The minimum Gasteiger partial charge on any atom is -0.360 e. The molecule has 0 fully saturated rings. The molecule has 0 aliphatic carbocycles. The molecule has 3 rings (SSSR count). The molecule has 0 saturated carbocycles. The zero-order chi connectivity index (χ0) is 19.7. The van der Waals surface area contributed by atoms with E-state index in [4.69, 9.17) is 4.52 Å². The third-order valence-corrected chi connectivity index (χ3v) is 5.47. The predicted molar refractivity (Wildman–Crippen MR) is 107 cm³/mol. The van der Waals surface area contributed by atoms with Crippen LogP contribution in [0.15, 0.2) is 64.0 Å². The maximum absolute atomic E-state index is 12.6. The number of aromatic nitrogens is 1. The number of aryl methyl sites for hydroxylation is 1. The second-order valence-electron chi connectivity index (χ2n) is 7.41. The van der Waals surface area contributed by atoms with Crippen LogP contribution in [0, 0.1) is 6.92 Å². The SMILES string of the molecule is Cc1cc(Nc2ccc(NS(=O)(=O)c3ccc(C(C)(C)C)cc3)cc2)no1. The summed E-state index contributed by atoms with van der Waals surface area (Å²) in [5.74, 6) is 1.30. The third kappa shape index (κ3) is 4.68. The number of sulfonamides is 1. The Kier molecular flexibility index (Phi) is 4.97. The Bertz CT molecular complexity index is 1020. The van der Waals surface area contributed by atoms with Gasteiger partial charge in [-0.15, -0.1) is 0 Å². The fourth-order valence-corrected chi connectivity index (χ4v) is 3.60. The van der Waals surface area contributed by atoms with Crippen LogP contribution in [-0.4, -0.2) is 13.6 Å². The van der Waals surface area contributed by atoms with Crippen molar-refractivity contribution >= 4 is 27.2 Å². The molecule has 0 atom stereocenters. The number of hydrogen-bond donors (Lipinski definition) is 2. The minimum atomic E-state index is -3.64. The fourth-order valence-electron chi connectivity index (χ4n) is 2.54. The van der Waals surface area contributed by atoms with Gasteiger partial charge in [0, 0.05) is 17.4 Å². The van der Waals surface area contributed by atoms with E-state index in [1.54, 1.807) is 42.5 Å². The number of nitrogens with one attached hydrogen (secondary N) is 2. The molecule has 0 amide bonds. The van der Waals surface area contributed by atoms with Crippen LogP contribution in [0.5, 0.6) is 0 Å². The summed E-state index contributed by atoms with van der Waals surface area (Å²) >= 11 is 0. The third-order valence-electron chi connectivity index (χ3n) is 4.07. The molecule has 0 unspecified atom stereocenters. The first-order chi connectivity index (χ1) is 12.6. The largest absolute Gasteiger partial charge is 0.360 e. The van der Waals surface area contributed by atoms with Crippen LogP contribution in [-0.2, 0) is 15.4 Å². The van der Waals surface area contributed by atoms with Gasteiger partial charge in [-0.1, -0.05) is 38.1 Å². The molecule has 142 valence electrons. The van der Waals surface area contributed by atoms with Gasteiger partial charge in [-0.25, -0.2) is 8.42 Å². The van der Waals surface area contributed by atoms with Gasteiger partial charge in [-0.2, -0.15) is 0 Å². The zero-order valence-electron chi connectivity index (χ0n) is 15.8. The van der Waals surface area contributed by atoms with Crippen LogP contribution in [0.2, 0.25) is 0 Å². The molecule has 0 bridgehead atoms. The molecule has 7 heteroatoms. The zero-order valence-corrected chi connectivity index (χ0v) is 16.6. The lowest BCUT2D eigenvalue weighted by molar-refractivity contribution is 0.400. The summed E-state index contributed by atoms with van der Waals surface area (Å²) in [4.78, 5) is 0.232. The van der Waals surface area contributed by atoms with E-state index >= 15 is 0 Å². The first-order valence-electron chi connectivity index (χ1n) is 8.57. The number of benzene rings is 2. The van der Waals surface area contributed by atoms with Crippen LogP contribution < -0.4 is 10.0 Å². The maximum atomic E-state index is 12.6. The van der Waals surface area contributed by atoms with Crippen LogP contribution in [0.3, 0.4) is 0 Å². The number of rotatable bonds is 5. The fraction of sp³-hybridized carbons (Fsp3) is 0.250. The van der Waals surface area contributed by atoms with Crippen molar-refractivity contribution in [1.82, 2.24) is 5.16 Å². The van der Waals surface area contributed by atoms with Gasteiger partial charge in [0.25, 0.3) is 10.0 Å². The molecular formula is C20H23N3O3S. The number of anilines is 3. The standard InChI is InChI=1S/C20H23N3O3S/c1-14-13-19(22-26-14)21-16-7-9-17(10-8-16)23-27(24,25)18-11-5-15(6-12-18)20(2,3)4/h5-13,23H,1-4H3,(H,21,22). The monoisotopic (exact) mass is 385 g/mol. The van der Waals surface area contributed by atoms with E-state index in [0.29, 0.717) is 17.3 Å². The van der Waals surface area contributed by atoms with Crippen molar-refractivity contribution in [2.45, 2.75) is 38.0 Å². The molecule has 0 aliphatic rings. The highest BCUT2D eigenvalue weighted by molar-refractivity contribution is 7.92. The van der Waals surface area contributed by atoms with E-state index in [9.17, 15) is 8.42 Å². The van der Waals surface area contributed by atoms with Crippen molar-refractivity contribution < 1.29 is 12.9 Å². The highest BCUT2D eigenvalue weighted by Crippen LogP contribution is 2.25. The average molecular weight is 385 g/mol. The van der Waals surface area contributed by atoms with Crippen LogP contribution >= 0.6 is 0 Å². The molecule has 3 aromatic rings. The van der Waals surface area contributed by atoms with Gasteiger partial charge in [0.2, 0.25) is 0 Å². The van der Waals surface area contributed by atoms with E-state index in [-0.39, 0.29) is 10.3 Å². The Hall–Kier alpha value is -2.80. The van der Waals surface area contributed by atoms with Gasteiger partial charge in [0.05, 0.1) is 4.90 Å². The van der Waals surface area contributed by atoms with E-state index in [1.807, 2.05) is 19.1 Å². The van der Waals surface area contributed by atoms with Crippen molar-refractivity contribution in [3.8, 4) is 0 Å². The Labute approximate surface area is 159 Å². The topological polar surface area (TPSA) is 84.2 Å². The molecule has 0 aliphatic heterocycles. The Morgan fingerprint density at radius 3 is 2.04 bits per heavy atom. The lowest BCUT2D eigenvalue weighted by atomic mass is 9.87. The van der Waals surface area contributed by atoms with Gasteiger partial charge >= 0.3 is 0 Å². The highest BCUT2D eigenvalue weighted by atomic mass is 32.2. The summed E-state index contributed by atoms with van der Waals surface area (Å²) in [6.45, 7) is 8.07. The maximum Gasteiger partial charge on any atom is 0.261 e. The van der Waals surface area contributed by atoms with Crippen LogP contribution in [0.25, 0.3) is 0 Å². The number of nitrogens with zero attached hydrogens (tertiary/aromatic N) is 1. The Morgan fingerprint density at radius 1 is 0.926 bits per heavy atom. The highest BCUT2D eigenvalue weighted by Gasteiger charge is 2.17. The molecule has 0 saturated heterocycles. The molecule has 27 heavy (non-hydrogen) atoms. The van der Waals surface area contributed by atoms with E-state index in [1.165, 1.54) is 0 Å². The summed E-state index contributed by atoms with van der Waals surface area (Å²) in [7, 11) is -3.64. The van der Waals surface area contributed by atoms with Gasteiger partial charge in [-0.05, 0) is 54.3 Å². The summed E-state index contributed by atoms with van der Waals surface area (Å²) in [6.07, 6.45) is 0. The minimum absolute atomic E-state index is 0.0268. The van der Waals surface area contributed by atoms with E-state index in [2.05, 4.69) is 36.0 Å². The molecule has 0 radical (unpaired) electrons. The summed E-state index contributed by atoms with van der Waals surface area (Å²) in [5.41, 5.74) is 2.32. The van der Waals surface area contributed by atoms with Crippen LogP contribution in [0.4, 0.5) is 17.2 Å².